The number of hydrogen-bond acceptors (Lipinski definition) is 5. The second-order valence-electron chi connectivity index (χ2n) is 9.60. The fraction of sp³-hybridized carbons (Fsp3) is 0.370. The number of nitrogens with one attached hydrogen (secondary N) is 1. The molecule has 1 N–H and O–H groups in total. The van der Waals surface area contributed by atoms with Crippen molar-refractivity contribution < 1.29 is 8.42 Å². The quantitative estimate of drug-likeness (QED) is 0.442. The molecule has 2 saturated heterocycles. The Bertz CT molecular complexity index is 1440. The first-order valence-electron chi connectivity index (χ1n) is 12.5. The van der Waals surface area contributed by atoms with E-state index in [0.29, 0.717) is 11.4 Å². The Hall–Kier alpha value is -2.94. The average Bonchev–Trinajstić information content (AvgIpc) is 3.57. The molecule has 4 heterocycles. The summed E-state index contributed by atoms with van der Waals surface area (Å²) in [7, 11) is -3.55. The number of pyridine rings is 1. The molecular weight excluding hydrogens is 458 g/mol. The van der Waals surface area contributed by atoms with Crippen molar-refractivity contribution in [3.05, 3.63) is 67.1 Å². The largest absolute Gasteiger partial charge is 0.368 e. The van der Waals surface area contributed by atoms with Gasteiger partial charge in [0.05, 0.1) is 4.90 Å². The highest BCUT2D eigenvalue weighted by molar-refractivity contribution is 7.89. The lowest BCUT2D eigenvalue weighted by Gasteiger charge is -2.37. The highest BCUT2D eigenvalue weighted by Gasteiger charge is 2.36. The molecule has 8 heteroatoms. The number of benzene rings is 2. The molecule has 35 heavy (non-hydrogen) atoms. The SMILES string of the molecule is O=S(=O)(c1cccc2cnccc12)N1CCCC1CCN1CCN(c2cccc3[nH]ccc23)CC1. The number of aromatic nitrogens is 2. The number of aromatic amines is 1. The lowest BCUT2D eigenvalue weighted by atomic mass is 10.1. The summed E-state index contributed by atoms with van der Waals surface area (Å²) in [5.41, 5.74) is 2.47. The van der Waals surface area contributed by atoms with Crippen molar-refractivity contribution in [1.82, 2.24) is 19.2 Å². The first-order valence-corrected chi connectivity index (χ1v) is 13.9. The molecule has 0 bridgehead atoms. The highest BCUT2D eigenvalue weighted by atomic mass is 32.2. The summed E-state index contributed by atoms with van der Waals surface area (Å²) >= 11 is 0. The maximum absolute atomic E-state index is 13.7. The standard InChI is InChI=1S/C27H31N5O2S/c33-35(34,27-8-1-4-21-20-28-12-9-23(21)27)32-14-3-5-22(32)11-15-30-16-18-31(19-17-30)26-7-2-6-25-24(26)10-13-29-25/h1-2,4,6-10,12-13,20,22,29H,3,5,11,14-19H2. The van der Waals surface area contributed by atoms with Gasteiger partial charge in [-0.2, -0.15) is 4.31 Å². The van der Waals surface area contributed by atoms with Gasteiger partial charge in [0.25, 0.3) is 0 Å². The molecule has 1 unspecified atom stereocenters. The summed E-state index contributed by atoms with van der Waals surface area (Å²) < 4.78 is 29.1. The third-order valence-electron chi connectivity index (χ3n) is 7.61. The molecule has 7 nitrogen and oxygen atoms in total. The van der Waals surface area contributed by atoms with E-state index in [-0.39, 0.29) is 6.04 Å². The molecule has 182 valence electrons. The fourth-order valence-electron chi connectivity index (χ4n) is 5.75. The van der Waals surface area contributed by atoms with Gasteiger partial charge in [0, 0.05) is 84.7 Å². The van der Waals surface area contributed by atoms with Crippen LogP contribution in [0.4, 0.5) is 5.69 Å². The molecule has 0 radical (unpaired) electrons. The van der Waals surface area contributed by atoms with E-state index in [4.69, 9.17) is 0 Å². The van der Waals surface area contributed by atoms with Crippen LogP contribution in [0.2, 0.25) is 0 Å². The van der Waals surface area contributed by atoms with Gasteiger partial charge in [-0.25, -0.2) is 8.42 Å². The fourth-order valence-corrected chi connectivity index (χ4v) is 7.69. The summed E-state index contributed by atoms with van der Waals surface area (Å²) in [5.74, 6) is 0. The van der Waals surface area contributed by atoms with Crippen LogP contribution in [-0.4, -0.2) is 72.9 Å². The third kappa shape index (κ3) is 4.20. The number of fused-ring (bicyclic) bond motifs is 2. The topological polar surface area (TPSA) is 72.5 Å². The first-order chi connectivity index (χ1) is 17.1. The maximum atomic E-state index is 13.7. The molecule has 0 saturated carbocycles. The summed E-state index contributed by atoms with van der Waals surface area (Å²) in [6.45, 7) is 5.50. The molecule has 2 aliphatic heterocycles. The third-order valence-corrected chi connectivity index (χ3v) is 9.62. The van der Waals surface area contributed by atoms with Gasteiger partial charge in [0.1, 0.15) is 0 Å². The molecule has 1 atom stereocenters. The Morgan fingerprint density at radius 2 is 1.80 bits per heavy atom. The van der Waals surface area contributed by atoms with Crippen LogP contribution in [0.1, 0.15) is 19.3 Å². The van der Waals surface area contributed by atoms with Crippen LogP contribution in [0, 0.1) is 0 Å². The molecule has 4 aromatic rings. The Labute approximate surface area is 206 Å². The minimum Gasteiger partial charge on any atom is -0.368 e. The molecule has 2 fully saturated rings. The predicted octanol–water partition coefficient (Wildman–Crippen LogP) is 4.08. The summed E-state index contributed by atoms with van der Waals surface area (Å²) in [5, 5.41) is 2.89. The molecule has 2 aromatic heterocycles. The van der Waals surface area contributed by atoms with Crippen LogP contribution in [0.5, 0.6) is 0 Å². The van der Waals surface area contributed by atoms with Crippen molar-refractivity contribution >= 4 is 37.4 Å². The van der Waals surface area contributed by atoms with Crippen LogP contribution >= 0.6 is 0 Å². The Kier molecular flexibility index (Phi) is 5.96. The van der Waals surface area contributed by atoms with Crippen molar-refractivity contribution in [3.8, 4) is 0 Å². The summed E-state index contributed by atoms with van der Waals surface area (Å²) in [6.07, 6.45) is 8.12. The van der Waals surface area contributed by atoms with E-state index in [2.05, 4.69) is 44.0 Å². The molecule has 2 aliphatic rings. The molecule has 0 spiro atoms. The van der Waals surface area contributed by atoms with Crippen LogP contribution in [0.15, 0.2) is 72.0 Å². The van der Waals surface area contributed by atoms with E-state index in [9.17, 15) is 8.42 Å². The molecule has 2 aromatic carbocycles. The lowest BCUT2D eigenvalue weighted by Crippen LogP contribution is -2.47. The van der Waals surface area contributed by atoms with Crippen molar-refractivity contribution in [1.29, 1.82) is 0 Å². The average molecular weight is 490 g/mol. The zero-order valence-electron chi connectivity index (χ0n) is 19.8. The molecular formula is C27H31N5O2S. The van der Waals surface area contributed by atoms with Crippen molar-refractivity contribution in [2.24, 2.45) is 0 Å². The predicted molar refractivity (Wildman–Crippen MR) is 140 cm³/mol. The maximum Gasteiger partial charge on any atom is 0.243 e. The number of rotatable bonds is 6. The molecule has 0 amide bonds. The minimum absolute atomic E-state index is 0.0590. The normalized spacial score (nSPS) is 20.2. The zero-order valence-corrected chi connectivity index (χ0v) is 20.6. The van der Waals surface area contributed by atoms with Crippen molar-refractivity contribution in [3.63, 3.8) is 0 Å². The van der Waals surface area contributed by atoms with Gasteiger partial charge >= 0.3 is 0 Å². The van der Waals surface area contributed by atoms with Gasteiger partial charge in [-0.3, -0.25) is 9.88 Å². The zero-order chi connectivity index (χ0) is 23.8. The van der Waals surface area contributed by atoms with Gasteiger partial charge in [-0.1, -0.05) is 18.2 Å². The lowest BCUT2D eigenvalue weighted by molar-refractivity contribution is 0.232. The summed E-state index contributed by atoms with van der Waals surface area (Å²) in [4.78, 5) is 12.8. The van der Waals surface area contributed by atoms with Crippen LogP contribution in [0.3, 0.4) is 0 Å². The van der Waals surface area contributed by atoms with Gasteiger partial charge < -0.3 is 9.88 Å². The number of sulfonamides is 1. The van der Waals surface area contributed by atoms with E-state index < -0.39 is 10.0 Å². The van der Waals surface area contributed by atoms with Gasteiger partial charge in [0.15, 0.2) is 0 Å². The number of nitrogens with zero attached hydrogens (tertiary/aromatic N) is 4. The Morgan fingerprint density at radius 1 is 0.943 bits per heavy atom. The monoisotopic (exact) mass is 489 g/mol. The Morgan fingerprint density at radius 3 is 2.69 bits per heavy atom. The number of piperazine rings is 1. The van der Waals surface area contributed by atoms with Gasteiger partial charge in [-0.15, -0.1) is 0 Å². The molecule has 0 aliphatic carbocycles. The van der Waals surface area contributed by atoms with Gasteiger partial charge in [0.2, 0.25) is 10.0 Å². The second-order valence-corrected chi connectivity index (χ2v) is 11.5. The van der Waals surface area contributed by atoms with Crippen molar-refractivity contribution in [2.75, 3.05) is 44.2 Å². The van der Waals surface area contributed by atoms with Crippen molar-refractivity contribution in [2.45, 2.75) is 30.2 Å². The highest BCUT2D eigenvalue weighted by Crippen LogP contribution is 2.32. The number of anilines is 1. The first kappa shape index (κ1) is 22.5. The van der Waals surface area contributed by atoms with E-state index >= 15 is 0 Å². The number of H-pyrrole nitrogens is 1. The van der Waals surface area contributed by atoms with Crippen LogP contribution < -0.4 is 4.90 Å². The van der Waals surface area contributed by atoms with E-state index in [1.54, 1.807) is 28.8 Å². The molecule has 6 rings (SSSR count). The van der Waals surface area contributed by atoms with Gasteiger partial charge in [-0.05, 0) is 56.1 Å². The number of hydrogen-bond donors (Lipinski definition) is 1. The second kappa shape index (κ2) is 9.26. The minimum atomic E-state index is -3.55. The summed E-state index contributed by atoms with van der Waals surface area (Å²) in [6, 6.07) is 15.9. The van der Waals surface area contributed by atoms with E-state index in [1.807, 2.05) is 18.3 Å². The Balaban J connectivity index is 1.11. The van der Waals surface area contributed by atoms with E-state index in [1.165, 1.54) is 16.6 Å². The van der Waals surface area contributed by atoms with Crippen LogP contribution in [-0.2, 0) is 10.0 Å². The smallest absolute Gasteiger partial charge is 0.243 e. The van der Waals surface area contributed by atoms with E-state index in [0.717, 1.165) is 62.8 Å². The van der Waals surface area contributed by atoms with Crippen LogP contribution in [0.25, 0.3) is 21.7 Å².